The lowest BCUT2D eigenvalue weighted by molar-refractivity contribution is -0.136. The van der Waals surface area contributed by atoms with Crippen molar-refractivity contribution in [2.24, 2.45) is 0 Å². The number of hydrogen-bond donors (Lipinski definition) is 2. The Bertz CT molecular complexity index is 1150. The number of benzene rings is 3. The molecule has 0 aromatic heterocycles. The number of hydrogen-bond acceptors (Lipinski definition) is 4. The van der Waals surface area contributed by atoms with Crippen LogP contribution in [-0.2, 0) is 14.3 Å². The fraction of sp³-hybridized carbons (Fsp3) is 0.222. The van der Waals surface area contributed by atoms with E-state index in [1.54, 1.807) is 31.2 Å². The molecule has 0 saturated carbocycles. The van der Waals surface area contributed by atoms with E-state index in [4.69, 9.17) is 9.84 Å². The van der Waals surface area contributed by atoms with Crippen molar-refractivity contribution in [2.75, 3.05) is 18.1 Å². The third-order valence-electron chi connectivity index (χ3n) is 5.93. The SMILES string of the molecule is C[C@@H](NC(=O)OCC1c2ccccc2-c2ccccc21)C(=O)N(CCC(=O)O)c1ccccc1. The third kappa shape index (κ3) is 4.93. The summed E-state index contributed by atoms with van der Waals surface area (Å²) in [6.07, 6.45) is -0.910. The lowest BCUT2D eigenvalue weighted by atomic mass is 9.98. The molecule has 1 aliphatic rings. The van der Waals surface area contributed by atoms with Crippen molar-refractivity contribution < 1.29 is 24.2 Å². The molecule has 7 heteroatoms. The molecule has 4 rings (SSSR count). The van der Waals surface area contributed by atoms with Crippen molar-refractivity contribution in [1.82, 2.24) is 5.32 Å². The zero-order valence-corrected chi connectivity index (χ0v) is 18.8. The second-order valence-corrected chi connectivity index (χ2v) is 8.16. The zero-order chi connectivity index (χ0) is 24.1. The number of nitrogens with one attached hydrogen (secondary N) is 1. The minimum Gasteiger partial charge on any atom is -0.481 e. The number of alkyl carbamates (subject to hydrolysis) is 1. The number of ether oxygens (including phenoxy) is 1. The Labute approximate surface area is 198 Å². The van der Waals surface area contributed by atoms with Crippen LogP contribution in [-0.4, -0.2) is 42.3 Å². The molecule has 174 valence electrons. The first kappa shape index (κ1) is 23.0. The third-order valence-corrected chi connectivity index (χ3v) is 5.93. The molecule has 0 spiro atoms. The van der Waals surface area contributed by atoms with Gasteiger partial charge in [0.05, 0.1) is 6.42 Å². The number of carbonyl (C=O) groups is 3. The van der Waals surface area contributed by atoms with Crippen LogP contribution < -0.4 is 10.2 Å². The van der Waals surface area contributed by atoms with E-state index in [1.165, 1.54) is 4.90 Å². The predicted molar refractivity (Wildman–Crippen MR) is 129 cm³/mol. The zero-order valence-electron chi connectivity index (χ0n) is 18.8. The van der Waals surface area contributed by atoms with E-state index >= 15 is 0 Å². The molecule has 0 fully saturated rings. The van der Waals surface area contributed by atoms with E-state index in [1.807, 2.05) is 42.5 Å². The van der Waals surface area contributed by atoms with Crippen molar-refractivity contribution in [3.8, 4) is 11.1 Å². The lowest BCUT2D eigenvalue weighted by Gasteiger charge is -2.26. The lowest BCUT2D eigenvalue weighted by Crippen LogP contribution is -2.48. The second kappa shape index (κ2) is 10.2. The van der Waals surface area contributed by atoms with Gasteiger partial charge in [0, 0.05) is 18.2 Å². The smallest absolute Gasteiger partial charge is 0.407 e. The van der Waals surface area contributed by atoms with Crippen molar-refractivity contribution in [3.63, 3.8) is 0 Å². The molecule has 3 aromatic carbocycles. The molecule has 2 N–H and O–H groups in total. The average Bonchev–Trinajstić information content (AvgIpc) is 3.17. The summed E-state index contributed by atoms with van der Waals surface area (Å²) in [6, 6.07) is 24.0. The minimum absolute atomic E-state index is 0.00507. The van der Waals surface area contributed by atoms with E-state index in [-0.39, 0.29) is 25.5 Å². The summed E-state index contributed by atoms with van der Waals surface area (Å²) in [7, 11) is 0. The Kier molecular flexibility index (Phi) is 6.92. The molecular weight excluding hydrogens is 432 g/mol. The average molecular weight is 459 g/mol. The normalized spacial score (nSPS) is 12.9. The van der Waals surface area contributed by atoms with Gasteiger partial charge in [0.15, 0.2) is 0 Å². The van der Waals surface area contributed by atoms with Crippen molar-refractivity contribution in [3.05, 3.63) is 90.0 Å². The van der Waals surface area contributed by atoms with Crippen LogP contribution >= 0.6 is 0 Å². The van der Waals surface area contributed by atoms with E-state index in [0.717, 1.165) is 22.3 Å². The molecule has 1 aliphatic carbocycles. The van der Waals surface area contributed by atoms with Crippen LogP contribution in [0.25, 0.3) is 11.1 Å². The maximum atomic E-state index is 13.0. The fourth-order valence-electron chi connectivity index (χ4n) is 4.29. The Morgan fingerprint density at radius 2 is 1.47 bits per heavy atom. The van der Waals surface area contributed by atoms with Crippen LogP contribution in [0.1, 0.15) is 30.4 Å². The molecule has 2 amide bonds. The number of nitrogens with zero attached hydrogens (tertiary/aromatic N) is 1. The van der Waals surface area contributed by atoms with Crippen LogP contribution in [0.3, 0.4) is 0 Å². The molecular formula is C27H26N2O5. The Balaban J connectivity index is 1.41. The van der Waals surface area contributed by atoms with Gasteiger partial charge in [0.2, 0.25) is 5.91 Å². The Hall–Kier alpha value is -4.13. The van der Waals surface area contributed by atoms with E-state index < -0.39 is 24.0 Å². The highest BCUT2D eigenvalue weighted by molar-refractivity contribution is 5.98. The van der Waals surface area contributed by atoms with E-state index in [9.17, 15) is 14.4 Å². The van der Waals surface area contributed by atoms with Crippen molar-refractivity contribution in [1.29, 1.82) is 0 Å². The van der Waals surface area contributed by atoms with Crippen molar-refractivity contribution in [2.45, 2.75) is 25.3 Å². The van der Waals surface area contributed by atoms with E-state index in [0.29, 0.717) is 5.69 Å². The number of fused-ring (bicyclic) bond motifs is 3. The molecule has 0 unspecified atom stereocenters. The summed E-state index contributed by atoms with van der Waals surface area (Å²) in [5.41, 5.74) is 5.03. The highest BCUT2D eigenvalue weighted by Crippen LogP contribution is 2.44. The molecule has 34 heavy (non-hydrogen) atoms. The largest absolute Gasteiger partial charge is 0.481 e. The number of carboxylic acids is 1. The van der Waals surface area contributed by atoms with Crippen LogP contribution in [0.5, 0.6) is 0 Å². The standard InChI is InChI=1S/C27H26N2O5/c1-18(26(32)29(16-15-25(30)31)19-9-3-2-4-10-19)28-27(33)34-17-24-22-13-7-5-11-20(22)21-12-6-8-14-23(21)24/h2-14,18,24H,15-17H2,1H3,(H,28,33)(H,30,31)/t18-/m1/s1. The van der Waals surface area contributed by atoms with Gasteiger partial charge in [-0.1, -0.05) is 66.7 Å². The van der Waals surface area contributed by atoms with Gasteiger partial charge in [-0.05, 0) is 41.3 Å². The maximum Gasteiger partial charge on any atom is 0.407 e. The van der Waals surface area contributed by atoms with Gasteiger partial charge in [-0.2, -0.15) is 0 Å². The number of aliphatic carboxylic acids is 1. The van der Waals surface area contributed by atoms with Gasteiger partial charge in [0.1, 0.15) is 12.6 Å². The molecule has 7 nitrogen and oxygen atoms in total. The fourth-order valence-corrected chi connectivity index (χ4v) is 4.29. The molecule has 0 heterocycles. The molecule has 1 atom stereocenters. The number of carboxylic acid groups (broad SMARTS) is 1. The van der Waals surface area contributed by atoms with Gasteiger partial charge < -0.3 is 20.1 Å². The summed E-state index contributed by atoms with van der Waals surface area (Å²) in [6.45, 7) is 1.69. The molecule has 0 bridgehead atoms. The highest BCUT2D eigenvalue weighted by atomic mass is 16.5. The summed E-state index contributed by atoms with van der Waals surface area (Å²) in [4.78, 5) is 38.0. The van der Waals surface area contributed by atoms with Crippen LogP contribution in [0.15, 0.2) is 78.9 Å². The maximum absolute atomic E-state index is 13.0. The number of anilines is 1. The highest BCUT2D eigenvalue weighted by Gasteiger charge is 2.30. The minimum atomic E-state index is -1.01. The van der Waals surface area contributed by atoms with Crippen LogP contribution in [0.4, 0.5) is 10.5 Å². The summed E-state index contributed by atoms with van der Waals surface area (Å²) in [5, 5.41) is 11.7. The Morgan fingerprint density at radius 1 is 0.912 bits per heavy atom. The van der Waals surface area contributed by atoms with Crippen molar-refractivity contribution >= 4 is 23.7 Å². The number of amides is 2. The first-order valence-corrected chi connectivity index (χ1v) is 11.2. The number of para-hydroxylation sites is 1. The number of rotatable bonds is 8. The predicted octanol–water partition coefficient (Wildman–Crippen LogP) is 4.42. The quantitative estimate of drug-likeness (QED) is 0.521. The first-order chi connectivity index (χ1) is 16.5. The second-order valence-electron chi connectivity index (χ2n) is 8.16. The summed E-state index contributed by atoms with van der Waals surface area (Å²) < 4.78 is 5.53. The van der Waals surface area contributed by atoms with Gasteiger partial charge in [0.25, 0.3) is 0 Å². The molecule has 0 radical (unpaired) electrons. The summed E-state index contributed by atoms with van der Waals surface area (Å²) in [5.74, 6) is -1.51. The van der Waals surface area contributed by atoms with Gasteiger partial charge in [-0.25, -0.2) is 4.79 Å². The Morgan fingerprint density at radius 3 is 2.06 bits per heavy atom. The molecule has 0 saturated heterocycles. The monoisotopic (exact) mass is 458 g/mol. The topological polar surface area (TPSA) is 95.9 Å². The van der Waals surface area contributed by atoms with Gasteiger partial charge in [-0.3, -0.25) is 9.59 Å². The van der Waals surface area contributed by atoms with Gasteiger partial charge in [-0.15, -0.1) is 0 Å². The number of carbonyl (C=O) groups excluding carboxylic acids is 2. The summed E-state index contributed by atoms with van der Waals surface area (Å²) >= 11 is 0. The molecule has 3 aromatic rings. The van der Waals surface area contributed by atoms with Crippen LogP contribution in [0.2, 0.25) is 0 Å². The van der Waals surface area contributed by atoms with E-state index in [2.05, 4.69) is 17.4 Å². The van der Waals surface area contributed by atoms with Crippen LogP contribution in [0, 0.1) is 0 Å². The molecule has 0 aliphatic heterocycles. The van der Waals surface area contributed by atoms with Gasteiger partial charge >= 0.3 is 12.1 Å². The first-order valence-electron chi connectivity index (χ1n) is 11.2.